The first-order valence-corrected chi connectivity index (χ1v) is 5.92. The van der Waals surface area contributed by atoms with Gasteiger partial charge in [0.2, 0.25) is 5.88 Å². The van der Waals surface area contributed by atoms with Crippen molar-refractivity contribution in [2.75, 3.05) is 0 Å². The number of aromatic nitrogens is 1. The maximum atomic E-state index is 13.5. The Morgan fingerprint density at radius 3 is 2.76 bits per heavy atom. The third-order valence-corrected chi connectivity index (χ3v) is 3.31. The molecule has 0 unspecified atom stereocenters. The van der Waals surface area contributed by atoms with Crippen molar-refractivity contribution in [1.29, 1.82) is 0 Å². The lowest BCUT2D eigenvalue weighted by Gasteiger charge is -2.09. The molecule has 0 atom stereocenters. The molecule has 0 saturated heterocycles. The third kappa shape index (κ3) is 2.64. The largest absolute Gasteiger partial charge is 0.435 e. The van der Waals surface area contributed by atoms with Gasteiger partial charge in [0.1, 0.15) is 0 Å². The molecule has 2 rings (SSSR count). The molecular weight excluding hydrogens is 285 g/mol. The van der Waals surface area contributed by atoms with Gasteiger partial charge in [0.15, 0.2) is 11.6 Å². The zero-order valence-electron chi connectivity index (χ0n) is 9.50. The van der Waals surface area contributed by atoms with Crippen LogP contribution in [0.5, 0.6) is 11.6 Å². The van der Waals surface area contributed by atoms with Crippen LogP contribution in [0.15, 0.2) is 34.9 Å². The minimum absolute atomic E-state index is 0.184. The van der Waals surface area contributed by atoms with Crippen molar-refractivity contribution in [3.05, 3.63) is 51.9 Å². The van der Waals surface area contributed by atoms with Gasteiger partial charge in [-0.3, -0.25) is 0 Å². The van der Waals surface area contributed by atoms with Crippen LogP contribution in [-0.2, 0) is 0 Å². The van der Waals surface area contributed by atoms with Gasteiger partial charge >= 0.3 is 0 Å². The van der Waals surface area contributed by atoms with E-state index >= 15 is 0 Å². The van der Waals surface area contributed by atoms with Crippen LogP contribution >= 0.6 is 15.9 Å². The molecule has 2 aromatic rings. The number of hydrogen-bond acceptors (Lipinski definition) is 2. The first-order valence-electron chi connectivity index (χ1n) is 5.13. The van der Waals surface area contributed by atoms with E-state index < -0.39 is 5.82 Å². The monoisotopic (exact) mass is 295 g/mol. The van der Waals surface area contributed by atoms with Gasteiger partial charge in [0.25, 0.3) is 0 Å². The summed E-state index contributed by atoms with van der Waals surface area (Å²) in [5, 5.41) is 0. The van der Waals surface area contributed by atoms with Gasteiger partial charge in [-0.25, -0.2) is 9.37 Å². The van der Waals surface area contributed by atoms with Gasteiger partial charge < -0.3 is 4.74 Å². The molecule has 0 saturated carbocycles. The van der Waals surface area contributed by atoms with Crippen LogP contribution in [0.2, 0.25) is 0 Å². The molecule has 2 nitrogen and oxygen atoms in total. The van der Waals surface area contributed by atoms with Gasteiger partial charge in [-0.15, -0.1) is 0 Å². The Kier molecular flexibility index (Phi) is 3.43. The number of benzene rings is 1. The summed E-state index contributed by atoms with van der Waals surface area (Å²) in [6, 6.07) is 6.57. The molecule has 1 aromatic carbocycles. The average molecular weight is 296 g/mol. The Morgan fingerprint density at radius 2 is 2.00 bits per heavy atom. The Balaban J connectivity index is 2.38. The summed E-state index contributed by atoms with van der Waals surface area (Å²) in [7, 11) is 0. The fraction of sp³-hybridized carbons (Fsp3) is 0.154. The highest BCUT2D eigenvalue weighted by Crippen LogP contribution is 2.31. The molecule has 0 aliphatic carbocycles. The summed E-state index contributed by atoms with van der Waals surface area (Å²) in [6.45, 7) is 3.80. The molecule has 1 heterocycles. The predicted octanol–water partition coefficient (Wildman–Crippen LogP) is 4.39. The Hall–Kier alpha value is -1.42. The molecular formula is C13H11BrFNO. The number of ether oxygens (including phenoxy) is 1. The molecule has 88 valence electrons. The fourth-order valence-electron chi connectivity index (χ4n) is 1.38. The zero-order valence-corrected chi connectivity index (χ0v) is 11.1. The predicted molar refractivity (Wildman–Crippen MR) is 67.9 cm³/mol. The molecule has 0 amide bonds. The van der Waals surface area contributed by atoms with Crippen molar-refractivity contribution in [1.82, 2.24) is 4.98 Å². The van der Waals surface area contributed by atoms with Crippen LogP contribution < -0.4 is 4.74 Å². The normalized spacial score (nSPS) is 10.4. The number of halogens is 2. The Morgan fingerprint density at radius 1 is 1.24 bits per heavy atom. The van der Waals surface area contributed by atoms with Crippen LogP contribution in [0.1, 0.15) is 11.1 Å². The van der Waals surface area contributed by atoms with Crippen LogP contribution in [0.25, 0.3) is 0 Å². The highest BCUT2D eigenvalue weighted by Gasteiger charge is 2.10. The Labute approximate surface area is 108 Å². The Bertz CT molecular complexity index is 557. The lowest BCUT2D eigenvalue weighted by Crippen LogP contribution is -1.93. The summed E-state index contributed by atoms with van der Waals surface area (Å²) < 4.78 is 19.7. The van der Waals surface area contributed by atoms with Crippen molar-refractivity contribution in [2.24, 2.45) is 0 Å². The number of pyridine rings is 1. The van der Waals surface area contributed by atoms with Crippen LogP contribution in [0.3, 0.4) is 0 Å². The van der Waals surface area contributed by atoms with Gasteiger partial charge in [-0.1, -0.05) is 6.07 Å². The van der Waals surface area contributed by atoms with Gasteiger partial charge in [0, 0.05) is 6.20 Å². The van der Waals surface area contributed by atoms with Crippen LogP contribution in [-0.4, -0.2) is 4.98 Å². The zero-order chi connectivity index (χ0) is 12.4. The molecule has 0 aliphatic rings. The summed E-state index contributed by atoms with van der Waals surface area (Å²) in [4.78, 5) is 4.07. The van der Waals surface area contributed by atoms with E-state index in [0.717, 1.165) is 15.6 Å². The molecule has 4 heteroatoms. The van der Waals surface area contributed by atoms with Gasteiger partial charge in [-0.2, -0.15) is 0 Å². The van der Waals surface area contributed by atoms with E-state index in [4.69, 9.17) is 4.74 Å². The highest BCUT2D eigenvalue weighted by molar-refractivity contribution is 9.10. The van der Waals surface area contributed by atoms with Crippen molar-refractivity contribution >= 4 is 15.9 Å². The molecule has 0 N–H and O–H groups in total. The second-order valence-corrected chi connectivity index (χ2v) is 4.58. The van der Waals surface area contributed by atoms with Crippen LogP contribution in [0, 0.1) is 19.7 Å². The SMILES string of the molecule is Cc1ccc(F)c(Oc2nccc(C)c2Br)c1. The molecule has 0 radical (unpaired) electrons. The number of hydrogen-bond donors (Lipinski definition) is 0. The minimum atomic E-state index is -0.397. The molecule has 17 heavy (non-hydrogen) atoms. The first-order chi connectivity index (χ1) is 8.08. The van der Waals surface area contributed by atoms with Gasteiger partial charge in [-0.05, 0) is 59.1 Å². The quantitative estimate of drug-likeness (QED) is 0.820. The third-order valence-electron chi connectivity index (χ3n) is 2.34. The second kappa shape index (κ2) is 4.84. The van der Waals surface area contributed by atoms with Crippen LogP contribution in [0.4, 0.5) is 4.39 Å². The first kappa shape index (κ1) is 12.0. The van der Waals surface area contributed by atoms with Crippen molar-refractivity contribution < 1.29 is 9.13 Å². The summed E-state index contributed by atoms with van der Waals surface area (Å²) in [5.74, 6) is 0.157. The number of nitrogens with zero attached hydrogens (tertiary/aromatic N) is 1. The van der Waals surface area contributed by atoms with E-state index in [1.165, 1.54) is 6.07 Å². The van der Waals surface area contributed by atoms with E-state index in [2.05, 4.69) is 20.9 Å². The maximum Gasteiger partial charge on any atom is 0.234 e. The standard InChI is InChI=1S/C13H11BrFNO/c1-8-3-4-10(15)11(7-8)17-13-12(14)9(2)5-6-16-13/h3-7H,1-2H3. The summed E-state index contributed by atoms with van der Waals surface area (Å²) in [6.07, 6.45) is 1.63. The lowest BCUT2D eigenvalue weighted by molar-refractivity contribution is 0.424. The molecule has 1 aromatic heterocycles. The van der Waals surface area contributed by atoms with E-state index in [0.29, 0.717) is 5.88 Å². The van der Waals surface area contributed by atoms with Crippen molar-refractivity contribution in [3.63, 3.8) is 0 Å². The van der Waals surface area contributed by atoms with Crippen molar-refractivity contribution in [3.8, 4) is 11.6 Å². The molecule has 0 spiro atoms. The molecule has 0 aliphatic heterocycles. The van der Waals surface area contributed by atoms with Crippen molar-refractivity contribution in [2.45, 2.75) is 13.8 Å². The fourth-order valence-corrected chi connectivity index (χ4v) is 1.69. The average Bonchev–Trinajstić information content (AvgIpc) is 2.30. The van der Waals surface area contributed by atoms with E-state index in [1.807, 2.05) is 19.9 Å². The lowest BCUT2D eigenvalue weighted by atomic mass is 10.2. The number of rotatable bonds is 2. The molecule has 0 fully saturated rings. The van der Waals surface area contributed by atoms with E-state index in [9.17, 15) is 4.39 Å². The highest BCUT2D eigenvalue weighted by atomic mass is 79.9. The second-order valence-electron chi connectivity index (χ2n) is 3.78. The maximum absolute atomic E-state index is 13.5. The van der Waals surface area contributed by atoms with E-state index in [-0.39, 0.29) is 5.75 Å². The van der Waals surface area contributed by atoms with E-state index in [1.54, 1.807) is 18.3 Å². The van der Waals surface area contributed by atoms with Gasteiger partial charge in [0.05, 0.1) is 4.47 Å². The number of aryl methyl sites for hydroxylation is 2. The smallest absolute Gasteiger partial charge is 0.234 e. The topological polar surface area (TPSA) is 22.1 Å². The summed E-state index contributed by atoms with van der Waals surface area (Å²) >= 11 is 3.37. The summed E-state index contributed by atoms with van der Waals surface area (Å²) in [5.41, 5.74) is 1.92. The molecule has 0 bridgehead atoms. The minimum Gasteiger partial charge on any atom is -0.435 e.